The van der Waals surface area contributed by atoms with E-state index in [1.165, 1.54) is 12.8 Å². The van der Waals surface area contributed by atoms with E-state index in [9.17, 15) is 9.59 Å². The van der Waals surface area contributed by atoms with E-state index in [2.05, 4.69) is 6.92 Å². The lowest BCUT2D eigenvalue weighted by molar-refractivity contribution is -0.142. The van der Waals surface area contributed by atoms with Gasteiger partial charge in [0.05, 0.1) is 5.92 Å². The van der Waals surface area contributed by atoms with Gasteiger partial charge in [-0.05, 0) is 18.1 Å². The monoisotopic (exact) mass is 273 g/mol. The molecule has 104 valence electrons. The molecule has 1 rings (SSSR count). The first-order valence-corrected chi connectivity index (χ1v) is 7.80. The smallest absolute Gasteiger partial charge is 0.308 e. The predicted molar refractivity (Wildman–Crippen MR) is 73.7 cm³/mol. The van der Waals surface area contributed by atoms with E-state index in [1.54, 1.807) is 4.90 Å². The lowest BCUT2D eigenvalue weighted by Crippen LogP contribution is -2.30. The van der Waals surface area contributed by atoms with Crippen LogP contribution in [0.2, 0.25) is 0 Å². The quantitative estimate of drug-likeness (QED) is 0.722. The third kappa shape index (κ3) is 4.52. The summed E-state index contributed by atoms with van der Waals surface area (Å²) in [5.41, 5.74) is 0. The molecular formula is C13H23NO3S. The van der Waals surface area contributed by atoms with Gasteiger partial charge in [-0.3, -0.25) is 9.59 Å². The summed E-state index contributed by atoms with van der Waals surface area (Å²) in [5.74, 6) is 0.963. The first-order valence-electron chi connectivity index (χ1n) is 6.64. The molecule has 5 heteroatoms. The largest absolute Gasteiger partial charge is 0.481 e. The number of amides is 1. The fourth-order valence-corrected chi connectivity index (χ4v) is 3.17. The lowest BCUT2D eigenvalue weighted by atomic mass is 9.99. The van der Waals surface area contributed by atoms with Crippen LogP contribution in [0.4, 0.5) is 0 Å². The molecule has 0 radical (unpaired) electrons. The van der Waals surface area contributed by atoms with Crippen molar-refractivity contribution >= 4 is 23.6 Å². The van der Waals surface area contributed by atoms with Gasteiger partial charge in [0.2, 0.25) is 5.91 Å². The summed E-state index contributed by atoms with van der Waals surface area (Å²) in [4.78, 5) is 24.6. The van der Waals surface area contributed by atoms with E-state index in [1.807, 2.05) is 18.7 Å². The minimum absolute atomic E-state index is 0.0687. The molecule has 1 fully saturated rings. The highest BCUT2D eigenvalue weighted by molar-refractivity contribution is 7.99. The third-order valence-corrected chi connectivity index (χ3v) is 4.45. The van der Waals surface area contributed by atoms with Gasteiger partial charge >= 0.3 is 5.97 Å². The highest BCUT2D eigenvalue weighted by Gasteiger charge is 2.36. The van der Waals surface area contributed by atoms with Crippen molar-refractivity contribution in [2.75, 3.05) is 24.6 Å². The van der Waals surface area contributed by atoms with Crippen LogP contribution in [0, 0.1) is 11.8 Å². The Hall–Kier alpha value is -0.710. The Labute approximate surface area is 113 Å². The van der Waals surface area contributed by atoms with Crippen LogP contribution in [0.3, 0.4) is 0 Å². The van der Waals surface area contributed by atoms with Crippen molar-refractivity contribution in [2.45, 2.75) is 33.1 Å². The topological polar surface area (TPSA) is 57.6 Å². The fraction of sp³-hybridized carbons (Fsp3) is 0.846. The molecule has 18 heavy (non-hydrogen) atoms. The second-order valence-corrected chi connectivity index (χ2v) is 6.16. The van der Waals surface area contributed by atoms with Gasteiger partial charge in [-0.15, -0.1) is 0 Å². The van der Waals surface area contributed by atoms with Crippen LogP contribution in [0.25, 0.3) is 0 Å². The van der Waals surface area contributed by atoms with Crippen molar-refractivity contribution in [2.24, 2.45) is 11.8 Å². The van der Waals surface area contributed by atoms with Gasteiger partial charge in [-0.25, -0.2) is 0 Å². The Kier molecular flexibility index (Phi) is 6.54. The van der Waals surface area contributed by atoms with E-state index in [4.69, 9.17) is 5.11 Å². The Balaban J connectivity index is 2.25. The van der Waals surface area contributed by atoms with Crippen LogP contribution in [-0.4, -0.2) is 46.5 Å². The summed E-state index contributed by atoms with van der Waals surface area (Å²) in [6.07, 6.45) is 2.92. The molecule has 1 aliphatic rings. The van der Waals surface area contributed by atoms with Crippen molar-refractivity contribution in [3.05, 3.63) is 0 Å². The van der Waals surface area contributed by atoms with Crippen molar-refractivity contribution in [1.82, 2.24) is 4.90 Å². The van der Waals surface area contributed by atoms with Crippen LogP contribution < -0.4 is 0 Å². The number of hydrogen-bond acceptors (Lipinski definition) is 3. The zero-order valence-electron chi connectivity index (χ0n) is 11.2. The number of thioether (sulfide) groups is 1. The van der Waals surface area contributed by atoms with Crippen LogP contribution in [0.1, 0.15) is 33.1 Å². The molecule has 1 aliphatic heterocycles. The number of likely N-dealkylation sites (tertiary alicyclic amines) is 1. The van der Waals surface area contributed by atoms with Crippen LogP contribution >= 0.6 is 11.8 Å². The highest BCUT2D eigenvalue weighted by atomic mass is 32.2. The van der Waals surface area contributed by atoms with E-state index < -0.39 is 5.97 Å². The molecule has 0 aromatic carbocycles. The molecule has 4 nitrogen and oxygen atoms in total. The first-order chi connectivity index (χ1) is 8.56. The van der Waals surface area contributed by atoms with Crippen molar-refractivity contribution in [3.8, 4) is 0 Å². The summed E-state index contributed by atoms with van der Waals surface area (Å²) < 4.78 is 0. The Morgan fingerprint density at radius 3 is 2.61 bits per heavy atom. The molecule has 0 aliphatic carbocycles. The molecule has 0 aromatic rings. The summed E-state index contributed by atoms with van der Waals surface area (Å²) >= 11 is 1.81. The van der Waals surface area contributed by atoms with E-state index >= 15 is 0 Å². The van der Waals surface area contributed by atoms with E-state index in [0.29, 0.717) is 19.5 Å². The first kappa shape index (κ1) is 15.3. The highest BCUT2D eigenvalue weighted by Crippen LogP contribution is 2.24. The molecule has 1 saturated heterocycles. The molecule has 1 amide bonds. The molecule has 0 aromatic heterocycles. The molecule has 1 N–H and O–H groups in total. The maximum Gasteiger partial charge on any atom is 0.308 e. The van der Waals surface area contributed by atoms with E-state index in [0.717, 1.165) is 11.5 Å². The maximum absolute atomic E-state index is 11.9. The number of carbonyl (C=O) groups is 2. The van der Waals surface area contributed by atoms with Crippen LogP contribution in [0.5, 0.6) is 0 Å². The summed E-state index contributed by atoms with van der Waals surface area (Å²) in [6, 6.07) is 0. The van der Waals surface area contributed by atoms with Crippen molar-refractivity contribution in [3.63, 3.8) is 0 Å². The molecule has 2 atom stereocenters. The maximum atomic E-state index is 11.9. The lowest BCUT2D eigenvalue weighted by Gasteiger charge is -2.15. The molecule has 1 heterocycles. The zero-order chi connectivity index (χ0) is 13.5. The fourth-order valence-electron chi connectivity index (χ4n) is 2.16. The Morgan fingerprint density at radius 2 is 2.06 bits per heavy atom. The zero-order valence-corrected chi connectivity index (χ0v) is 12.0. The summed E-state index contributed by atoms with van der Waals surface area (Å²) in [6.45, 7) is 5.04. The number of aliphatic carboxylic acids is 1. The Morgan fingerprint density at radius 1 is 1.33 bits per heavy atom. The molecule has 0 saturated carbocycles. The van der Waals surface area contributed by atoms with Crippen molar-refractivity contribution < 1.29 is 14.7 Å². The molecular weight excluding hydrogens is 250 g/mol. The van der Waals surface area contributed by atoms with Gasteiger partial charge in [0, 0.05) is 25.3 Å². The van der Waals surface area contributed by atoms with E-state index in [-0.39, 0.29) is 17.7 Å². The Bertz CT molecular complexity index is 296. The third-order valence-electron chi connectivity index (χ3n) is 3.38. The second-order valence-electron chi connectivity index (χ2n) is 4.94. The van der Waals surface area contributed by atoms with Gasteiger partial charge in [0.15, 0.2) is 0 Å². The normalized spacial score (nSPS) is 23.3. The second kappa shape index (κ2) is 7.67. The molecule has 0 unspecified atom stereocenters. The average molecular weight is 273 g/mol. The number of carboxylic acids is 1. The summed E-state index contributed by atoms with van der Waals surface area (Å²) in [5, 5.41) is 9.01. The molecule has 0 bridgehead atoms. The molecule has 0 spiro atoms. The van der Waals surface area contributed by atoms with Crippen molar-refractivity contribution in [1.29, 1.82) is 0 Å². The van der Waals surface area contributed by atoms with Gasteiger partial charge < -0.3 is 10.0 Å². The summed E-state index contributed by atoms with van der Waals surface area (Å²) in [7, 11) is 0. The van der Waals surface area contributed by atoms with Gasteiger partial charge in [0.25, 0.3) is 0 Å². The van der Waals surface area contributed by atoms with Gasteiger partial charge in [-0.2, -0.15) is 11.8 Å². The SMILES string of the molecule is CCCCSCCC(=O)N1C[C@@H](C)[C@H](C(=O)O)C1. The number of carboxylic acid groups (broad SMARTS) is 1. The van der Waals surface area contributed by atoms with Gasteiger partial charge in [0.1, 0.15) is 0 Å². The standard InChI is InChI=1S/C13H23NO3S/c1-3-4-6-18-7-5-12(15)14-8-10(2)11(9-14)13(16)17/h10-11H,3-9H2,1-2H3,(H,16,17)/t10-,11-/m1/s1. The van der Waals surface area contributed by atoms with Crippen LogP contribution in [-0.2, 0) is 9.59 Å². The van der Waals surface area contributed by atoms with Crippen LogP contribution in [0.15, 0.2) is 0 Å². The number of hydrogen-bond donors (Lipinski definition) is 1. The number of rotatable bonds is 7. The number of unbranched alkanes of at least 4 members (excludes halogenated alkanes) is 1. The predicted octanol–water partition coefficient (Wildman–Crippen LogP) is 2.09. The minimum Gasteiger partial charge on any atom is -0.481 e. The van der Waals surface area contributed by atoms with Gasteiger partial charge in [-0.1, -0.05) is 20.3 Å². The minimum atomic E-state index is -0.782. The number of nitrogens with zero attached hydrogens (tertiary/aromatic N) is 1. The average Bonchev–Trinajstić information content (AvgIpc) is 2.71. The number of carbonyl (C=O) groups excluding carboxylic acids is 1.